The third-order valence-corrected chi connectivity index (χ3v) is 2.51. The van der Waals surface area contributed by atoms with E-state index >= 15 is 0 Å². The third-order valence-electron chi connectivity index (χ3n) is 2.51. The van der Waals surface area contributed by atoms with Crippen molar-refractivity contribution in [3.63, 3.8) is 0 Å². The van der Waals surface area contributed by atoms with Gasteiger partial charge in [0, 0.05) is 6.20 Å². The Morgan fingerprint density at radius 2 is 1.88 bits per heavy atom. The molecule has 0 saturated carbocycles. The van der Waals surface area contributed by atoms with Crippen LogP contribution in [0.2, 0.25) is 0 Å². The summed E-state index contributed by atoms with van der Waals surface area (Å²) in [6, 6.07) is 5.51. The molecule has 0 amide bonds. The van der Waals surface area contributed by atoms with Gasteiger partial charge in [0.2, 0.25) is 0 Å². The zero-order valence-electron chi connectivity index (χ0n) is 9.42. The van der Waals surface area contributed by atoms with Gasteiger partial charge in [-0.25, -0.2) is 4.68 Å². The van der Waals surface area contributed by atoms with Crippen LogP contribution in [0, 0.1) is 13.8 Å². The molecule has 1 aromatic carbocycles. The number of aromatic nitrogens is 2. The summed E-state index contributed by atoms with van der Waals surface area (Å²) in [5, 5.41) is 3.74. The molecule has 0 unspecified atom stereocenters. The standard InChI is InChI=1S/C12H11F3N2/c1-8-3-4-11(9(2)5-8)17-7-10(6-16-17)12(13,14)15/h3-7H,1-2H3. The first-order chi connectivity index (χ1) is 7.88. The highest BCUT2D eigenvalue weighted by molar-refractivity contribution is 5.42. The van der Waals surface area contributed by atoms with E-state index in [1.807, 2.05) is 26.0 Å². The normalized spacial score (nSPS) is 11.8. The van der Waals surface area contributed by atoms with Crippen LogP contribution in [-0.4, -0.2) is 9.78 Å². The molecule has 0 aliphatic rings. The summed E-state index contributed by atoms with van der Waals surface area (Å²) in [6.45, 7) is 3.78. The number of rotatable bonds is 1. The van der Waals surface area contributed by atoms with Crippen molar-refractivity contribution in [3.05, 3.63) is 47.3 Å². The number of halogens is 3. The number of nitrogens with zero attached hydrogens (tertiary/aromatic N) is 2. The molecule has 2 aromatic rings. The SMILES string of the molecule is Cc1ccc(-n2cc(C(F)(F)F)cn2)c(C)c1. The maximum absolute atomic E-state index is 12.4. The molecule has 0 atom stereocenters. The fourth-order valence-electron chi connectivity index (χ4n) is 1.66. The molecule has 0 N–H and O–H groups in total. The molecule has 0 aliphatic carbocycles. The average molecular weight is 240 g/mol. The number of aryl methyl sites for hydroxylation is 2. The lowest BCUT2D eigenvalue weighted by Gasteiger charge is -2.06. The maximum Gasteiger partial charge on any atom is 0.419 e. The fourth-order valence-corrected chi connectivity index (χ4v) is 1.66. The number of hydrogen-bond acceptors (Lipinski definition) is 1. The topological polar surface area (TPSA) is 17.8 Å². The van der Waals surface area contributed by atoms with Crippen LogP contribution in [0.4, 0.5) is 13.2 Å². The number of hydrogen-bond donors (Lipinski definition) is 0. The first-order valence-electron chi connectivity index (χ1n) is 5.07. The Labute approximate surface area is 96.7 Å². The lowest BCUT2D eigenvalue weighted by atomic mass is 10.1. The van der Waals surface area contributed by atoms with Gasteiger partial charge in [-0.2, -0.15) is 18.3 Å². The second-order valence-electron chi connectivity index (χ2n) is 3.96. The van der Waals surface area contributed by atoms with Crippen molar-refractivity contribution in [2.45, 2.75) is 20.0 Å². The van der Waals surface area contributed by atoms with Gasteiger partial charge in [-0.1, -0.05) is 17.7 Å². The van der Waals surface area contributed by atoms with E-state index in [1.54, 1.807) is 6.07 Å². The summed E-state index contributed by atoms with van der Waals surface area (Å²) in [7, 11) is 0. The van der Waals surface area contributed by atoms with E-state index in [4.69, 9.17) is 0 Å². The van der Waals surface area contributed by atoms with Crippen molar-refractivity contribution < 1.29 is 13.2 Å². The van der Waals surface area contributed by atoms with Crippen molar-refractivity contribution >= 4 is 0 Å². The predicted molar refractivity (Wildman–Crippen MR) is 58.0 cm³/mol. The summed E-state index contributed by atoms with van der Waals surface area (Å²) >= 11 is 0. The zero-order chi connectivity index (χ0) is 12.6. The van der Waals surface area contributed by atoms with E-state index in [0.29, 0.717) is 5.69 Å². The van der Waals surface area contributed by atoms with Crippen molar-refractivity contribution in [1.29, 1.82) is 0 Å². The largest absolute Gasteiger partial charge is 0.419 e. The Morgan fingerprint density at radius 1 is 1.18 bits per heavy atom. The Bertz CT molecular complexity index is 541. The molecule has 2 rings (SSSR count). The Hall–Kier alpha value is -1.78. The lowest BCUT2D eigenvalue weighted by molar-refractivity contribution is -0.137. The van der Waals surface area contributed by atoms with Crippen molar-refractivity contribution in [2.24, 2.45) is 0 Å². The zero-order valence-corrected chi connectivity index (χ0v) is 9.42. The van der Waals surface area contributed by atoms with Gasteiger partial charge >= 0.3 is 6.18 Å². The first-order valence-corrected chi connectivity index (χ1v) is 5.07. The van der Waals surface area contributed by atoms with Gasteiger partial charge in [0.25, 0.3) is 0 Å². The Balaban J connectivity index is 2.44. The molecular weight excluding hydrogens is 229 g/mol. The van der Waals surface area contributed by atoms with Gasteiger partial charge in [0.15, 0.2) is 0 Å². The van der Waals surface area contributed by atoms with E-state index < -0.39 is 11.7 Å². The van der Waals surface area contributed by atoms with Gasteiger partial charge in [-0.3, -0.25) is 0 Å². The third kappa shape index (κ3) is 2.33. The van der Waals surface area contributed by atoms with Crippen LogP contribution in [0.15, 0.2) is 30.6 Å². The van der Waals surface area contributed by atoms with Crippen LogP contribution in [0.25, 0.3) is 5.69 Å². The van der Waals surface area contributed by atoms with Crippen molar-refractivity contribution in [3.8, 4) is 5.69 Å². The van der Waals surface area contributed by atoms with E-state index in [2.05, 4.69) is 5.10 Å². The Morgan fingerprint density at radius 3 is 2.41 bits per heavy atom. The molecule has 0 spiro atoms. The minimum Gasteiger partial charge on any atom is -0.240 e. The minimum absolute atomic E-state index is 0.658. The van der Waals surface area contributed by atoms with Crippen molar-refractivity contribution in [2.75, 3.05) is 0 Å². The molecule has 17 heavy (non-hydrogen) atoms. The summed E-state index contributed by atoms with van der Waals surface area (Å²) in [6.07, 6.45) is -2.52. The molecule has 0 bridgehead atoms. The van der Waals surface area contributed by atoms with E-state index in [1.165, 1.54) is 4.68 Å². The molecule has 0 fully saturated rings. The first kappa shape index (κ1) is 11.7. The Kier molecular flexibility index (Phi) is 2.69. The molecule has 2 nitrogen and oxygen atoms in total. The summed E-state index contributed by atoms with van der Waals surface area (Å²) < 4.78 is 38.5. The van der Waals surface area contributed by atoms with E-state index in [0.717, 1.165) is 23.5 Å². The summed E-state index contributed by atoms with van der Waals surface area (Å²) in [4.78, 5) is 0. The van der Waals surface area contributed by atoms with Crippen LogP contribution in [-0.2, 0) is 6.18 Å². The molecule has 5 heteroatoms. The minimum atomic E-state index is -4.35. The van der Waals surface area contributed by atoms with E-state index in [-0.39, 0.29) is 0 Å². The molecule has 0 saturated heterocycles. The highest BCUT2D eigenvalue weighted by Gasteiger charge is 2.32. The van der Waals surface area contributed by atoms with Gasteiger partial charge in [0.05, 0.1) is 17.4 Å². The maximum atomic E-state index is 12.4. The van der Waals surface area contributed by atoms with Crippen LogP contribution in [0.3, 0.4) is 0 Å². The molecule has 1 heterocycles. The lowest BCUT2D eigenvalue weighted by Crippen LogP contribution is -2.03. The van der Waals surface area contributed by atoms with Gasteiger partial charge < -0.3 is 0 Å². The summed E-state index contributed by atoms with van der Waals surface area (Å²) in [5.41, 5.74) is 1.87. The van der Waals surface area contributed by atoms with Crippen LogP contribution in [0.5, 0.6) is 0 Å². The monoisotopic (exact) mass is 240 g/mol. The highest BCUT2D eigenvalue weighted by atomic mass is 19.4. The molecule has 1 aromatic heterocycles. The number of alkyl halides is 3. The number of benzene rings is 1. The van der Waals surface area contributed by atoms with Gasteiger partial charge in [0.1, 0.15) is 0 Å². The van der Waals surface area contributed by atoms with Gasteiger partial charge in [-0.15, -0.1) is 0 Å². The van der Waals surface area contributed by atoms with Gasteiger partial charge in [-0.05, 0) is 25.5 Å². The second kappa shape index (κ2) is 3.91. The fraction of sp³-hybridized carbons (Fsp3) is 0.250. The average Bonchev–Trinajstić information content (AvgIpc) is 2.65. The second-order valence-corrected chi connectivity index (χ2v) is 3.96. The highest BCUT2D eigenvalue weighted by Crippen LogP contribution is 2.29. The molecular formula is C12H11F3N2. The van der Waals surface area contributed by atoms with Crippen molar-refractivity contribution in [1.82, 2.24) is 9.78 Å². The van der Waals surface area contributed by atoms with E-state index in [9.17, 15) is 13.2 Å². The smallest absolute Gasteiger partial charge is 0.240 e. The van der Waals surface area contributed by atoms with Crippen LogP contribution >= 0.6 is 0 Å². The predicted octanol–water partition coefficient (Wildman–Crippen LogP) is 3.51. The quantitative estimate of drug-likeness (QED) is 0.745. The van der Waals surface area contributed by atoms with Crippen LogP contribution in [0.1, 0.15) is 16.7 Å². The van der Waals surface area contributed by atoms with Crippen LogP contribution < -0.4 is 0 Å². The molecule has 0 radical (unpaired) electrons. The summed E-state index contributed by atoms with van der Waals surface area (Å²) in [5.74, 6) is 0. The molecule has 0 aliphatic heterocycles. The molecule has 90 valence electrons.